The van der Waals surface area contributed by atoms with Crippen LogP contribution in [-0.4, -0.2) is 7.11 Å². The van der Waals surface area contributed by atoms with Gasteiger partial charge < -0.3 is 4.74 Å². The van der Waals surface area contributed by atoms with Gasteiger partial charge >= 0.3 is 0 Å². The van der Waals surface area contributed by atoms with Crippen LogP contribution < -0.4 is 0 Å². The molecule has 0 aliphatic rings. The molecule has 1 nitrogen and oxygen atoms in total. The van der Waals surface area contributed by atoms with Crippen LogP contribution in [0.3, 0.4) is 0 Å². The van der Waals surface area contributed by atoms with Gasteiger partial charge in [-0.3, -0.25) is 0 Å². The average molecular weight is 263 g/mol. The average Bonchev–Trinajstić information content (AvgIpc) is 2.37. The fourth-order valence-corrected chi connectivity index (χ4v) is 1.95. The lowest BCUT2D eigenvalue weighted by atomic mass is 10.0. The SMILES string of the molecule is C=C(OC)C(C)=C(C)C=C(C)c1ccccc1Cl. The second-order valence-corrected chi connectivity index (χ2v) is 4.65. The Morgan fingerprint density at radius 2 is 1.83 bits per heavy atom. The van der Waals surface area contributed by atoms with Crippen molar-refractivity contribution in [2.75, 3.05) is 7.11 Å². The molecule has 2 heteroatoms. The lowest BCUT2D eigenvalue weighted by molar-refractivity contribution is 0.302. The molecular weight excluding hydrogens is 244 g/mol. The first-order valence-electron chi connectivity index (χ1n) is 5.81. The Balaban J connectivity index is 3.11. The molecule has 1 aromatic carbocycles. The molecule has 0 fully saturated rings. The standard InChI is InChI=1S/C16H19ClO/c1-11(13(3)14(4)18-5)10-12(2)15-8-6-7-9-16(15)17/h6-10H,4H2,1-3,5H3. The van der Waals surface area contributed by atoms with E-state index < -0.39 is 0 Å². The first kappa shape index (κ1) is 14.6. The van der Waals surface area contributed by atoms with Gasteiger partial charge in [-0.25, -0.2) is 0 Å². The van der Waals surface area contributed by atoms with Gasteiger partial charge in [0.2, 0.25) is 0 Å². The van der Waals surface area contributed by atoms with Crippen LogP contribution in [-0.2, 0) is 4.74 Å². The van der Waals surface area contributed by atoms with Gasteiger partial charge in [-0.2, -0.15) is 0 Å². The molecule has 0 N–H and O–H groups in total. The van der Waals surface area contributed by atoms with Crippen molar-refractivity contribution in [2.24, 2.45) is 0 Å². The number of ether oxygens (including phenoxy) is 1. The minimum absolute atomic E-state index is 0.690. The Labute approximate surface area is 114 Å². The monoisotopic (exact) mass is 262 g/mol. The molecular formula is C16H19ClO. The van der Waals surface area contributed by atoms with Crippen LogP contribution in [0.15, 0.2) is 53.8 Å². The van der Waals surface area contributed by atoms with Crippen molar-refractivity contribution in [3.8, 4) is 0 Å². The number of hydrogen-bond acceptors (Lipinski definition) is 1. The summed E-state index contributed by atoms with van der Waals surface area (Å²) in [5, 5.41) is 0.766. The van der Waals surface area contributed by atoms with Crippen LogP contribution in [0, 0.1) is 0 Å². The van der Waals surface area contributed by atoms with E-state index in [0.29, 0.717) is 5.76 Å². The third-order valence-corrected chi connectivity index (χ3v) is 3.32. The Morgan fingerprint density at radius 1 is 1.22 bits per heavy atom. The molecule has 0 aromatic heterocycles. The van der Waals surface area contributed by atoms with Crippen molar-refractivity contribution in [1.82, 2.24) is 0 Å². The van der Waals surface area contributed by atoms with E-state index >= 15 is 0 Å². The fraction of sp³-hybridized carbons (Fsp3) is 0.250. The Morgan fingerprint density at radius 3 is 2.39 bits per heavy atom. The second kappa shape index (κ2) is 6.46. The zero-order valence-corrected chi connectivity index (χ0v) is 12.1. The minimum atomic E-state index is 0.690. The number of hydrogen-bond donors (Lipinski definition) is 0. The van der Waals surface area contributed by atoms with Crippen molar-refractivity contribution in [2.45, 2.75) is 20.8 Å². The Kier molecular flexibility index (Phi) is 5.24. The second-order valence-electron chi connectivity index (χ2n) is 4.24. The van der Waals surface area contributed by atoms with E-state index in [1.54, 1.807) is 7.11 Å². The van der Waals surface area contributed by atoms with Crippen molar-refractivity contribution in [1.29, 1.82) is 0 Å². The molecule has 18 heavy (non-hydrogen) atoms. The van der Waals surface area contributed by atoms with Gasteiger partial charge in [0.05, 0.1) is 7.11 Å². The Hall–Kier alpha value is -1.47. The summed E-state index contributed by atoms with van der Waals surface area (Å²) in [6, 6.07) is 7.83. The maximum absolute atomic E-state index is 6.17. The molecule has 0 amide bonds. The molecule has 0 atom stereocenters. The molecule has 1 rings (SSSR count). The molecule has 0 heterocycles. The maximum atomic E-state index is 6.17. The maximum Gasteiger partial charge on any atom is 0.114 e. The summed E-state index contributed by atoms with van der Waals surface area (Å²) in [4.78, 5) is 0. The van der Waals surface area contributed by atoms with E-state index in [-0.39, 0.29) is 0 Å². The summed E-state index contributed by atoms with van der Waals surface area (Å²) in [7, 11) is 1.63. The Bertz CT molecular complexity index is 510. The van der Waals surface area contributed by atoms with Crippen molar-refractivity contribution < 1.29 is 4.74 Å². The molecule has 96 valence electrons. The number of allylic oxidation sites excluding steroid dienone is 4. The van der Waals surface area contributed by atoms with E-state index in [4.69, 9.17) is 16.3 Å². The van der Waals surface area contributed by atoms with E-state index in [9.17, 15) is 0 Å². The largest absolute Gasteiger partial charge is 0.497 e. The quantitative estimate of drug-likeness (QED) is 0.533. The first-order chi connectivity index (χ1) is 8.47. The summed E-state index contributed by atoms with van der Waals surface area (Å²) in [6.45, 7) is 9.94. The highest BCUT2D eigenvalue weighted by Gasteiger charge is 2.03. The zero-order valence-electron chi connectivity index (χ0n) is 11.4. The topological polar surface area (TPSA) is 9.23 Å². The van der Waals surface area contributed by atoms with Gasteiger partial charge in [-0.15, -0.1) is 0 Å². The summed E-state index contributed by atoms with van der Waals surface area (Å²) in [5.41, 5.74) is 4.35. The van der Waals surface area contributed by atoms with Crippen LogP contribution in [0.5, 0.6) is 0 Å². The van der Waals surface area contributed by atoms with E-state index in [2.05, 4.69) is 12.7 Å². The summed E-state index contributed by atoms with van der Waals surface area (Å²) in [6.07, 6.45) is 2.10. The van der Waals surface area contributed by atoms with Gasteiger partial charge in [-0.1, -0.05) is 42.5 Å². The highest BCUT2D eigenvalue weighted by molar-refractivity contribution is 6.32. The number of methoxy groups -OCH3 is 1. The molecule has 0 radical (unpaired) electrons. The number of benzene rings is 1. The highest BCUT2D eigenvalue weighted by atomic mass is 35.5. The van der Waals surface area contributed by atoms with Crippen LogP contribution in [0.2, 0.25) is 5.02 Å². The third-order valence-electron chi connectivity index (χ3n) is 2.99. The van der Waals surface area contributed by atoms with Crippen LogP contribution in [0.4, 0.5) is 0 Å². The predicted molar refractivity (Wildman–Crippen MR) is 79.6 cm³/mol. The number of rotatable bonds is 4. The molecule has 0 unspecified atom stereocenters. The zero-order chi connectivity index (χ0) is 13.7. The molecule has 0 spiro atoms. The van der Waals surface area contributed by atoms with E-state index in [1.165, 1.54) is 0 Å². The summed E-state index contributed by atoms with van der Waals surface area (Å²) < 4.78 is 5.14. The van der Waals surface area contributed by atoms with Crippen LogP contribution in [0.1, 0.15) is 26.3 Å². The normalized spacial score (nSPS) is 13.1. The molecule has 0 aliphatic carbocycles. The van der Waals surface area contributed by atoms with Crippen LogP contribution >= 0.6 is 11.6 Å². The summed E-state index contributed by atoms with van der Waals surface area (Å²) in [5.74, 6) is 0.690. The smallest absolute Gasteiger partial charge is 0.114 e. The van der Waals surface area contributed by atoms with Crippen molar-refractivity contribution in [3.63, 3.8) is 0 Å². The molecule has 0 aliphatic heterocycles. The van der Waals surface area contributed by atoms with Gasteiger partial charge in [-0.05, 0) is 49.1 Å². The third kappa shape index (κ3) is 3.51. The molecule has 0 saturated heterocycles. The highest BCUT2D eigenvalue weighted by Crippen LogP contribution is 2.25. The molecule has 0 saturated carbocycles. The fourth-order valence-electron chi connectivity index (χ4n) is 1.66. The lowest BCUT2D eigenvalue weighted by Gasteiger charge is -2.09. The predicted octanol–water partition coefficient (Wildman–Crippen LogP) is 5.24. The van der Waals surface area contributed by atoms with E-state index in [0.717, 1.165) is 27.3 Å². The van der Waals surface area contributed by atoms with Crippen LogP contribution in [0.25, 0.3) is 5.57 Å². The van der Waals surface area contributed by atoms with Gasteiger partial charge in [0.15, 0.2) is 0 Å². The van der Waals surface area contributed by atoms with Gasteiger partial charge in [0, 0.05) is 5.02 Å². The van der Waals surface area contributed by atoms with Crippen molar-refractivity contribution in [3.05, 3.63) is 64.4 Å². The van der Waals surface area contributed by atoms with Crippen molar-refractivity contribution >= 4 is 17.2 Å². The minimum Gasteiger partial charge on any atom is -0.497 e. The molecule has 0 bridgehead atoms. The van der Waals surface area contributed by atoms with E-state index in [1.807, 2.05) is 45.0 Å². The van der Waals surface area contributed by atoms with Gasteiger partial charge in [0.1, 0.15) is 5.76 Å². The number of halogens is 1. The lowest BCUT2D eigenvalue weighted by Crippen LogP contribution is -1.90. The van der Waals surface area contributed by atoms with Gasteiger partial charge in [0.25, 0.3) is 0 Å². The first-order valence-corrected chi connectivity index (χ1v) is 6.19. The molecule has 1 aromatic rings. The summed E-state index contributed by atoms with van der Waals surface area (Å²) >= 11 is 6.17.